The predicted molar refractivity (Wildman–Crippen MR) is 105 cm³/mol. The van der Waals surface area contributed by atoms with E-state index < -0.39 is 22.0 Å². The van der Waals surface area contributed by atoms with Crippen molar-refractivity contribution in [1.82, 2.24) is 5.43 Å². The zero-order valence-electron chi connectivity index (χ0n) is 14.1. The summed E-state index contributed by atoms with van der Waals surface area (Å²) in [5, 5.41) is 4.70. The van der Waals surface area contributed by atoms with Crippen molar-refractivity contribution >= 4 is 51.0 Å². The van der Waals surface area contributed by atoms with Crippen molar-refractivity contribution in [3.8, 4) is 0 Å². The molecule has 0 unspecified atom stereocenters. The summed E-state index contributed by atoms with van der Waals surface area (Å²) >= 11 is 11.8. The highest BCUT2D eigenvalue weighted by Gasteiger charge is 2.28. The van der Waals surface area contributed by atoms with Gasteiger partial charge < -0.3 is 0 Å². The van der Waals surface area contributed by atoms with Crippen LogP contribution in [-0.2, 0) is 14.8 Å². The molecule has 0 aliphatic rings. The maximum absolute atomic E-state index is 12.3. The molecule has 0 aliphatic carbocycles. The van der Waals surface area contributed by atoms with Gasteiger partial charge in [-0.25, -0.2) is 13.8 Å². The quantitative estimate of drug-likeness (QED) is 0.582. The number of amides is 1. The number of anilines is 1. The maximum Gasteiger partial charge on any atom is 0.263 e. The smallest absolute Gasteiger partial charge is 0.263 e. The molecule has 0 aliphatic heterocycles. The molecule has 1 amide bonds. The Hall–Kier alpha value is -2.09. The summed E-state index contributed by atoms with van der Waals surface area (Å²) in [6.07, 6.45) is 2.40. The number of hydrogen-bond donors (Lipinski definition) is 1. The molecule has 2 aromatic rings. The van der Waals surface area contributed by atoms with E-state index >= 15 is 0 Å². The molecule has 0 saturated carbocycles. The average Bonchev–Trinajstić information content (AvgIpc) is 2.56. The van der Waals surface area contributed by atoms with Crippen LogP contribution in [0.4, 0.5) is 5.69 Å². The Balaban J connectivity index is 2.15. The van der Waals surface area contributed by atoms with Crippen molar-refractivity contribution < 1.29 is 13.2 Å². The summed E-state index contributed by atoms with van der Waals surface area (Å²) in [4.78, 5) is 12.3. The van der Waals surface area contributed by atoms with Crippen molar-refractivity contribution in [2.45, 2.75) is 13.0 Å². The third-order valence-corrected chi connectivity index (χ3v) is 5.24. The van der Waals surface area contributed by atoms with E-state index in [0.29, 0.717) is 21.3 Å². The molecule has 2 rings (SSSR count). The van der Waals surface area contributed by atoms with Gasteiger partial charge in [0.2, 0.25) is 10.0 Å². The minimum absolute atomic E-state index is 0.380. The second-order valence-electron chi connectivity index (χ2n) is 5.47. The van der Waals surface area contributed by atoms with Crippen LogP contribution in [0.2, 0.25) is 10.0 Å². The van der Waals surface area contributed by atoms with Crippen LogP contribution in [-0.4, -0.2) is 32.8 Å². The van der Waals surface area contributed by atoms with E-state index in [1.807, 2.05) is 0 Å². The number of nitrogens with one attached hydrogen (secondary N) is 1. The van der Waals surface area contributed by atoms with Gasteiger partial charge in [0.1, 0.15) is 6.04 Å². The Morgan fingerprint density at radius 1 is 1.19 bits per heavy atom. The highest BCUT2D eigenvalue weighted by Crippen LogP contribution is 2.21. The maximum atomic E-state index is 12.3. The highest BCUT2D eigenvalue weighted by atomic mass is 35.5. The molecule has 0 saturated heterocycles. The van der Waals surface area contributed by atoms with E-state index in [4.69, 9.17) is 23.2 Å². The molecular weight excluding hydrogens is 397 g/mol. The topological polar surface area (TPSA) is 78.8 Å². The number of benzene rings is 2. The van der Waals surface area contributed by atoms with Crippen LogP contribution in [0.5, 0.6) is 0 Å². The molecule has 138 valence electrons. The normalized spacial score (nSPS) is 12.8. The van der Waals surface area contributed by atoms with Gasteiger partial charge >= 0.3 is 0 Å². The van der Waals surface area contributed by atoms with E-state index in [2.05, 4.69) is 10.5 Å². The fourth-order valence-corrected chi connectivity index (χ4v) is 3.88. The Labute approximate surface area is 162 Å². The number of para-hydroxylation sites is 1. The number of carbonyl (C=O) groups excluding carboxylic acids is 1. The molecule has 26 heavy (non-hydrogen) atoms. The minimum atomic E-state index is -3.67. The second kappa shape index (κ2) is 8.53. The zero-order valence-corrected chi connectivity index (χ0v) is 16.4. The average molecular weight is 414 g/mol. The van der Waals surface area contributed by atoms with Gasteiger partial charge in [0.15, 0.2) is 0 Å². The Morgan fingerprint density at radius 3 is 2.42 bits per heavy atom. The first kappa shape index (κ1) is 20.2. The van der Waals surface area contributed by atoms with E-state index in [1.165, 1.54) is 13.1 Å². The molecule has 0 heterocycles. The van der Waals surface area contributed by atoms with Crippen LogP contribution in [0.25, 0.3) is 0 Å². The van der Waals surface area contributed by atoms with Gasteiger partial charge in [-0.2, -0.15) is 5.10 Å². The number of rotatable bonds is 6. The third kappa shape index (κ3) is 5.20. The summed E-state index contributed by atoms with van der Waals surface area (Å²) < 4.78 is 25.3. The highest BCUT2D eigenvalue weighted by molar-refractivity contribution is 7.92. The standard InChI is InChI=1S/C17H17Cl2N3O3S/c1-12(22(26(2,24)25)15-6-4-3-5-7-15)17(23)21-20-11-13-8-9-14(18)10-16(13)19/h3-12H,1-2H3,(H,21,23)/b20-11-/t12-/m1/s1. The van der Waals surface area contributed by atoms with E-state index in [1.54, 1.807) is 48.5 Å². The van der Waals surface area contributed by atoms with E-state index in [0.717, 1.165) is 10.6 Å². The van der Waals surface area contributed by atoms with Gasteiger partial charge in [-0.15, -0.1) is 0 Å². The first-order valence-electron chi connectivity index (χ1n) is 7.52. The van der Waals surface area contributed by atoms with E-state index in [-0.39, 0.29) is 0 Å². The van der Waals surface area contributed by atoms with Crippen molar-refractivity contribution in [2.24, 2.45) is 5.10 Å². The van der Waals surface area contributed by atoms with Crippen molar-refractivity contribution in [3.63, 3.8) is 0 Å². The molecule has 0 fully saturated rings. The van der Waals surface area contributed by atoms with Crippen molar-refractivity contribution in [2.75, 3.05) is 10.6 Å². The number of hydrazone groups is 1. The molecule has 2 aromatic carbocycles. The van der Waals surface area contributed by atoms with Crippen LogP contribution in [0.1, 0.15) is 12.5 Å². The van der Waals surface area contributed by atoms with Crippen molar-refractivity contribution in [1.29, 1.82) is 0 Å². The van der Waals surface area contributed by atoms with Gasteiger partial charge in [0.25, 0.3) is 5.91 Å². The third-order valence-electron chi connectivity index (χ3n) is 3.44. The Kier molecular flexibility index (Phi) is 6.63. The first-order valence-corrected chi connectivity index (χ1v) is 10.1. The second-order valence-corrected chi connectivity index (χ2v) is 8.17. The van der Waals surface area contributed by atoms with Crippen LogP contribution >= 0.6 is 23.2 Å². The lowest BCUT2D eigenvalue weighted by Crippen LogP contribution is -2.46. The lowest BCUT2D eigenvalue weighted by atomic mass is 10.2. The number of hydrogen-bond acceptors (Lipinski definition) is 4. The summed E-state index contributed by atoms with van der Waals surface area (Å²) in [6.45, 7) is 1.48. The van der Waals surface area contributed by atoms with Crippen molar-refractivity contribution in [3.05, 3.63) is 64.1 Å². The predicted octanol–water partition coefficient (Wildman–Crippen LogP) is 3.30. The molecule has 9 heteroatoms. The Morgan fingerprint density at radius 2 is 1.85 bits per heavy atom. The number of nitrogens with zero attached hydrogens (tertiary/aromatic N) is 2. The van der Waals surface area contributed by atoms with Crippen LogP contribution in [0.15, 0.2) is 53.6 Å². The molecule has 0 aromatic heterocycles. The molecule has 0 radical (unpaired) electrons. The van der Waals surface area contributed by atoms with Crippen LogP contribution in [0.3, 0.4) is 0 Å². The molecule has 0 bridgehead atoms. The number of carbonyl (C=O) groups is 1. The fraction of sp³-hybridized carbons (Fsp3) is 0.176. The first-order chi connectivity index (χ1) is 12.2. The SMILES string of the molecule is C[C@H](C(=O)N/N=C\c1ccc(Cl)cc1Cl)N(c1ccccc1)S(C)(=O)=O. The summed E-state index contributed by atoms with van der Waals surface area (Å²) in [5.41, 5.74) is 3.28. The van der Waals surface area contributed by atoms with Gasteiger partial charge in [-0.1, -0.05) is 47.5 Å². The zero-order chi connectivity index (χ0) is 19.3. The molecule has 1 atom stereocenters. The lowest BCUT2D eigenvalue weighted by Gasteiger charge is -2.27. The monoisotopic (exact) mass is 413 g/mol. The van der Waals surface area contributed by atoms with Gasteiger partial charge in [0.05, 0.1) is 23.2 Å². The molecule has 0 spiro atoms. The minimum Gasteiger partial charge on any atom is -0.271 e. The summed E-state index contributed by atoms with van der Waals surface area (Å²) in [5.74, 6) is -0.583. The Bertz CT molecular complexity index is 918. The van der Waals surface area contributed by atoms with Gasteiger partial charge in [-0.05, 0) is 31.2 Å². The van der Waals surface area contributed by atoms with Crippen LogP contribution in [0, 0.1) is 0 Å². The van der Waals surface area contributed by atoms with Crippen LogP contribution < -0.4 is 9.73 Å². The molecular formula is C17H17Cl2N3O3S. The van der Waals surface area contributed by atoms with E-state index in [9.17, 15) is 13.2 Å². The van der Waals surface area contributed by atoms with Gasteiger partial charge in [0, 0.05) is 10.6 Å². The fourth-order valence-electron chi connectivity index (χ4n) is 2.25. The molecule has 6 nitrogen and oxygen atoms in total. The largest absolute Gasteiger partial charge is 0.271 e. The summed E-state index contributed by atoms with van der Waals surface area (Å²) in [7, 11) is -3.67. The van der Waals surface area contributed by atoms with Gasteiger partial charge in [-0.3, -0.25) is 9.10 Å². The lowest BCUT2D eigenvalue weighted by molar-refractivity contribution is -0.121. The molecule has 1 N–H and O–H groups in total. The summed E-state index contributed by atoms with van der Waals surface area (Å²) in [6, 6.07) is 12.2. The number of halogens is 2. The number of sulfonamides is 1.